The minimum Gasteiger partial charge on any atom is -0.479 e. The van der Waals surface area contributed by atoms with Crippen molar-refractivity contribution in [3.05, 3.63) is 77.1 Å². The van der Waals surface area contributed by atoms with E-state index in [9.17, 15) is 9.18 Å². The van der Waals surface area contributed by atoms with E-state index in [-0.39, 0.29) is 23.7 Å². The van der Waals surface area contributed by atoms with Crippen LogP contribution < -0.4 is 4.74 Å². The Labute approximate surface area is 171 Å². The molecule has 1 aliphatic heterocycles. The molecule has 0 unspecified atom stereocenters. The van der Waals surface area contributed by atoms with Crippen molar-refractivity contribution < 1.29 is 23.8 Å². The quantitative estimate of drug-likeness (QED) is 0.660. The van der Waals surface area contributed by atoms with Gasteiger partial charge in [-0.1, -0.05) is 48.6 Å². The van der Waals surface area contributed by atoms with Gasteiger partial charge in [0, 0.05) is 17.4 Å². The number of ether oxygens (including phenoxy) is 2. The zero-order valence-corrected chi connectivity index (χ0v) is 17.0. The lowest BCUT2D eigenvalue weighted by atomic mass is 9.75. The first-order valence-corrected chi connectivity index (χ1v) is 9.79. The highest BCUT2D eigenvalue weighted by Crippen LogP contribution is 2.48. The van der Waals surface area contributed by atoms with Crippen molar-refractivity contribution in [2.24, 2.45) is 5.92 Å². The molecular formula is C24H27FO4. The normalized spacial score (nSPS) is 24.1. The van der Waals surface area contributed by atoms with Gasteiger partial charge in [0.05, 0.1) is 12.2 Å². The molecule has 3 rings (SSSR count). The van der Waals surface area contributed by atoms with Gasteiger partial charge in [0.2, 0.25) is 0 Å². The molecule has 1 saturated heterocycles. The molecule has 0 bridgehead atoms. The Hall–Kier alpha value is -2.66. The summed E-state index contributed by atoms with van der Waals surface area (Å²) in [5.74, 6) is -1.68. The molecule has 1 aliphatic rings. The number of hydrogen-bond donors (Lipinski definition) is 1. The second kappa shape index (κ2) is 8.78. The van der Waals surface area contributed by atoms with Crippen molar-refractivity contribution in [3.8, 4) is 5.75 Å². The van der Waals surface area contributed by atoms with E-state index in [0.29, 0.717) is 5.56 Å². The third kappa shape index (κ3) is 4.51. The molecule has 4 atom stereocenters. The Bertz CT molecular complexity index is 908. The molecule has 0 radical (unpaired) electrons. The van der Waals surface area contributed by atoms with Gasteiger partial charge in [0.15, 0.2) is 18.2 Å². The van der Waals surface area contributed by atoms with E-state index >= 15 is 0 Å². The number of hydrogen-bond acceptors (Lipinski definition) is 3. The highest BCUT2D eigenvalue weighted by molar-refractivity contribution is 5.68. The molecule has 0 spiro atoms. The molecule has 2 aromatic rings. The predicted octanol–water partition coefficient (Wildman–Crippen LogP) is 5.42. The summed E-state index contributed by atoms with van der Waals surface area (Å²) < 4.78 is 26.2. The Morgan fingerprint density at radius 1 is 1.24 bits per heavy atom. The first kappa shape index (κ1) is 21.1. The summed E-state index contributed by atoms with van der Waals surface area (Å²) in [6, 6.07) is 12.9. The van der Waals surface area contributed by atoms with E-state index in [2.05, 4.69) is 25.6 Å². The van der Waals surface area contributed by atoms with Gasteiger partial charge < -0.3 is 14.6 Å². The topological polar surface area (TPSA) is 55.8 Å². The Balaban J connectivity index is 1.97. The summed E-state index contributed by atoms with van der Waals surface area (Å²) in [5.41, 5.74) is 3.91. The molecule has 1 fully saturated rings. The minimum atomic E-state index is -1.16. The van der Waals surface area contributed by atoms with Crippen LogP contribution in [0.25, 0.3) is 0 Å². The fourth-order valence-electron chi connectivity index (χ4n) is 4.18. The molecule has 5 heteroatoms. The fourth-order valence-corrected chi connectivity index (χ4v) is 4.18. The van der Waals surface area contributed by atoms with Crippen LogP contribution in [0.5, 0.6) is 5.75 Å². The van der Waals surface area contributed by atoms with Crippen molar-refractivity contribution >= 4 is 5.97 Å². The zero-order chi connectivity index (χ0) is 21.1. The molecule has 29 heavy (non-hydrogen) atoms. The van der Waals surface area contributed by atoms with Gasteiger partial charge >= 0.3 is 5.97 Å². The smallest absolute Gasteiger partial charge is 0.341 e. The van der Waals surface area contributed by atoms with Crippen LogP contribution in [0.4, 0.5) is 4.39 Å². The average Bonchev–Trinajstić information content (AvgIpc) is 2.67. The molecule has 0 aliphatic carbocycles. The van der Waals surface area contributed by atoms with Crippen LogP contribution in [0, 0.1) is 18.7 Å². The first-order chi connectivity index (χ1) is 13.8. The molecular weight excluding hydrogens is 371 g/mol. The second-order valence-corrected chi connectivity index (χ2v) is 7.75. The number of benzene rings is 2. The van der Waals surface area contributed by atoms with E-state index in [1.807, 2.05) is 26.0 Å². The largest absolute Gasteiger partial charge is 0.479 e. The minimum absolute atomic E-state index is 0.0511. The molecule has 0 saturated carbocycles. The number of carboxylic acid groups (broad SMARTS) is 1. The SMILES string of the molecule is C=C(C)[C@H]1C[C@H](c2ccccc2C)[C@H](C)O[C@@H]1c1cccc(F)c1OCC(=O)O. The van der Waals surface area contributed by atoms with E-state index in [4.69, 9.17) is 14.6 Å². The molecule has 0 aromatic heterocycles. The van der Waals surface area contributed by atoms with Gasteiger partial charge in [-0.15, -0.1) is 0 Å². The number of carbonyl (C=O) groups is 1. The van der Waals surface area contributed by atoms with Gasteiger partial charge in [-0.25, -0.2) is 9.18 Å². The van der Waals surface area contributed by atoms with Gasteiger partial charge in [-0.3, -0.25) is 0 Å². The standard InChI is InChI=1S/C24H27FO4/c1-14(2)19-12-20(17-9-6-5-8-15(17)3)16(4)29-23(19)18-10-7-11-21(25)24(18)28-13-22(26)27/h5-11,16,19-20,23H,1,12-13H2,2-4H3,(H,26,27)/t16-,19+,20-,23+/m0/s1. The number of carboxylic acids is 1. The van der Waals surface area contributed by atoms with E-state index in [0.717, 1.165) is 12.0 Å². The summed E-state index contributed by atoms with van der Waals surface area (Å²) in [6.07, 6.45) is 0.246. The van der Waals surface area contributed by atoms with Crippen LogP contribution in [-0.4, -0.2) is 23.8 Å². The summed E-state index contributed by atoms with van der Waals surface area (Å²) in [5, 5.41) is 8.94. The number of aliphatic carboxylic acids is 1. The number of para-hydroxylation sites is 1. The third-order valence-electron chi connectivity index (χ3n) is 5.67. The lowest BCUT2D eigenvalue weighted by Gasteiger charge is -2.42. The van der Waals surface area contributed by atoms with Crippen molar-refractivity contribution in [3.63, 3.8) is 0 Å². The lowest BCUT2D eigenvalue weighted by molar-refractivity contribution is -0.139. The van der Waals surface area contributed by atoms with Crippen LogP contribution in [-0.2, 0) is 9.53 Å². The van der Waals surface area contributed by atoms with E-state index in [1.165, 1.54) is 17.2 Å². The highest BCUT2D eigenvalue weighted by Gasteiger charge is 2.39. The monoisotopic (exact) mass is 398 g/mol. The van der Waals surface area contributed by atoms with Crippen LogP contribution in [0.15, 0.2) is 54.6 Å². The summed E-state index contributed by atoms with van der Waals surface area (Å²) in [6.45, 7) is 9.60. The fraction of sp³-hybridized carbons (Fsp3) is 0.375. The van der Waals surface area contributed by atoms with Crippen molar-refractivity contribution in [1.82, 2.24) is 0 Å². The highest BCUT2D eigenvalue weighted by atomic mass is 19.1. The Morgan fingerprint density at radius 2 is 1.93 bits per heavy atom. The van der Waals surface area contributed by atoms with Crippen LogP contribution >= 0.6 is 0 Å². The van der Waals surface area contributed by atoms with Gasteiger partial charge in [-0.2, -0.15) is 0 Å². The summed E-state index contributed by atoms with van der Waals surface area (Å²) in [4.78, 5) is 10.9. The summed E-state index contributed by atoms with van der Waals surface area (Å²) in [7, 11) is 0. The maximum atomic E-state index is 14.5. The van der Waals surface area contributed by atoms with Gasteiger partial charge in [-0.05, 0) is 44.4 Å². The summed E-state index contributed by atoms with van der Waals surface area (Å²) >= 11 is 0. The maximum absolute atomic E-state index is 14.5. The first-order valence-electron chi connectivity index (χ1n) is 9.79. The molecule has 0 amide bonds. The Kier molecular flexibility index (Phi) is 6.38. The van der Waals surface area contributed by atoms with Crippen LogP contribution in [0.3, 0.4) is 0 Å². The van der Waals surface area contributed by atoms with Crippen molar-refractivity contribution in [2.45, 2.75) is 45.3 Å². The zero-order valence-electron chi connectivity index (χ0n) is 17.0. The average molecular weight is 398 g/mol. The third-order valence-corrected chi connectivity index (χ3v) is 5.67. The molecule has 154 valence electrons. The second-order valence-electron chi connectivity index (χ2n) is 7.75. The lowest BCUT2D eigenvalue weighted by Crippen LogP contribution is -2.35. The molecule has 1 N–H and O–H groups in total. The van der Waals surface area contributed by atoms with E-state index < -0.39 is 24.5 Å². The Morgan fingerprint density at radius 3 is 2.59 bits per heavy atom. The maximum Gasteiger partial charge on any atom is 0.341 e. The predicted molar refractivity (Wildman–Crippen MR) is 110 cm³/mol. The van der Waals surface area contributed by atoms with Gasteiger partial charge in [0.25, 0.3) is 0 Å². The van der Waals surface area contributed by atoms with Crippen LogP contribution in [0.2, 0.25) is 0 Å². The van der Waals surface area contributed by atoms with Crippen molar-refractivity contribution in [1.29, 1.82) is 0 Å². The number of aryl methyl sites for hydroxylation is 1. The van der Waals surface area contributed by atoms with E-state index in [1.54, 1.807) is 12.1 Å². The van der Waals surface area contributed by atoms with Gasteiger partial charge in [0.1, 0.15) is 0 Å². The van der Waals surface area contributed by atoms with Crippen molar-refractivity contribution in [2.75, 3.05) is 6.61 Å². The molecule has 4 nitrogen and oxygen atoms in total. The number of halogens is 1. The number of rotatable bonds is 6. The molecule has 1 heterocycles. The van der Waals surface area contributed by atoms with Crippen LogP contribution in [0.1, 0.15) is 49.0 Å². The molecule has 2 aromatic carbocycles.